The van der Waals surface area contributed by atoms with Crippen LogP contribution in [0.5, 0.6) is 0 Å². The molecule has 2 heteroatoms. The van der Waals surface area contributed by atoms with Crippen LogP contribution >= 0.6 is 23.5 Å². The quantitative estimate of drug-likeness (QED) is 0.694. The number of hydrogen-bond acceptors (Lipinski definition) is 2. The van der Waals surface area contributed by atoms with Gasteiger partial charge in [0.2, 0.25) is 0 Å². The molecule has 0 saturated carbocycles. The van der Waals surface area contributed by atoms with E-state index in [0.29, 0.717) is 4.08 Å². The minimum atomic E-state index is 0.311. The molecule has 2 rings (SSSR count). The fraction of sp³-hybridized carbons (Fsp3) is 0.455. The highest BCUT2D eigenvalue weighted by atomic mass is 32.2. The van der Waals surface area contributed by atoms with Gasteiger partial charge in [-0.05, 0) is 25.0 Å². The highest BCUT2D eigenvalue weighted by molar-refractivity contribution is 8.20. The Labute approximate surface area is 88.5 Å². The van der Waals surface area contributed by atoms with E-state index < -0.39 is 0 Å². The number of rotatable bonds is 1. The minimum absolute atomic E-state index is 0.311. The number of thioether (sulfide) groups is 2. The van der Waals surface area contributed by atoms with Crippen LogP contribution < -0.4 is 0 Å². The Bertz CT molecular complexity index is 301. The van der Waals surface area contributed by atoms with E-state index in [1.807, 2.05) is 0 Å². The molecule has 70 valence electrons. The van der Waals surface area contributed by atoms with E-state index in [4.69, 9.17) is 0 Å². The molecule has 0 aromatic heterocycles. The van der Waals surface area contributed by atoms with Crippen LogP contribution in [-0.4, -0.2) is 11.5 Å². The van der Waals surface area contributed by atoms with Gasteiger partial charge in [0, 0.05) is 11.5 Å². The monoisotopic (exact) mass is 210 g/mol. The fourth-order valence-corrected chi connectivity index (χ4v) is 4.80. The molecule has 0 nitrogen and oxygen atoms in total. The van der Waals surface area contributed by atoms with E-state index in [1.165, 1.54) is 22.6 Å². The summed E-state index contributed by atoms with van der Waals surface area (Å²) in [6.45, 7) is 4.55. The molecular formula is C11H14S2. The summed E-state index contributed by atoms with van der Waals surface area (Å²) < 4.78 is 0.311. The van der Waals surface area contributed by atoms with Crippen molar-refractivity contribution >= 4 is 23.5 Å². The highest BCUT2D eigenvalue weighted by Crippen LogP contribution is 2.52. The summed E-state index contributed by atoms with van der Waals surface area (Å²) in [5.74, 6) is 2.57. The zero-order valence-electron chi connectivity index (χ0n) is 8.04. The Hall–Kier alpha value is -0.0800. The lowest BCUT2D eigenvalue weighted by Crippen LogP contribution is -2.10. The summed E-state index contributed by atoms with van der Waals surface area (Å²) in [6, 6.07) is 8.74. The molecule has 0 unspecified atom stereocenters. The molecule has 1 aromatic carbocycles. The number of aryl methyl sites for hydroxylation is 1. The van der Waals surface area contributed by atoms with E-state index in [9.17, 15) is 0 Å². The topological polar surface area (TPSA) is 0 Å². The molecule has 0 radical (unpaired) electrons. The van der Waals surface area contributed by atoms with Crippen LogP contribution in [0.25, 0.3) is 0 Å². The average Bonchev–Trinajstić information content (AvgIpc) is 2.54. The van der Waals surface area contributed by atoms with E-state index in [2.05, 4.69) is 61.6 Å². The van der Waals surface area contributed by atoms with Crippen LogP contribution in [0.15, 0.2) is 24.3 Å². The van der Waals surface area contributed by atoms with Crippen molar-refractivity contribution in [1.29, 1.82) is 0 Å². The number of benzene rings is 1. The van der Waals surface area contributed by atoms with Crippen molar-refractivity contribution in [3.8, 4) is 0 Å². The second-order valence-corrected chi connectivity index (χ2v) is 6.74. The first-order chi connectivity index (χ1) is 6.22. The first-order valence-electron chi connectivity index (χ1n) is 4.56. The van der Waals surface area contributed by atoms with Gasteiger partial charge in [-0.15, -0.1) is 23.5 Å². The third-order valence-corrected chi connectivity index (χ3v) is 5.80. The summed E-state index contributed by atoms with van der Waals surface area (Å²) in [6.07, 6.45) is 0. The Morgan fingerprint density at radius 2 is 1.77 bits per heavy atom. The summed E-state index contributed by atoms with van der Waals surface area (Å²) in [7, 11) is 0. The molecule has 1 fully saturated rings. The molecule has 1 aliphatic heterocycles. The fourth-order valence-electron chi connectivity index (χ4n) is 1.75. The van der Waals surface area contributed by atoms with Crippen LogP contribution in [-0.2, 0) is 4.08 Å². The first kappa shape index (κ1) is 9.47. The molecule has 1 aromatic rings. The van der Waals surface area contributed by atoms with Crippen molar-refractivity contribution in [2.45, 2.75) is 17.9 Å². The molecule has 1 heterocycles. The third kappa shape index (κ3) is 1.75. The van der Waals surface area contributed by atoms with Crippen LogP contribution in [0.1, 0.15) is 18.1 Å². The highest BCUT2D eigenvalue weighted by Gasteiger charge is 2.32. The van der Waals surface area contributed by atoms with E-state index in [1.54, 1.807) is 0 Å². The molecular weight excluding hydrogens is 196 g/mol. The summed E-state index contributed by atoms with van der Waals surface area (Å²) >= 11 is 4.15. The van der Waals surface area contributed by atoms with Crippen molar-refractivity contribution in [3.05, 3.63) is 35.4 Å². The second-order valence-electron chi connectivity index (χ2n) is 3.46. The molecule has 0 spiro atoms. The Kier molecular flexibility index (Phi) is 2.61. The van der Waals surface area contributed by atoms with Gasteiger partial charge < -0.3 is 0 Å². The molecule has 0 atom stereocenters. The van der Waals surface area contributed by atoms with Gasteiger partial charge in [0.1, 0.15) is 0 Å². The normalized spacial score (nSPS) is 20.5. The van der Waals surface area contributed by atoms with Crippen molar-refractivity contribution < 1.29 is 0 Å². The van der Waals surface area contributed by atoms with Crippen LogP contribution in [0.3, 0.4) is 0 Å². The second kappa shape index (κ2) is 3.58. The first-order valence-corrected chi connectivity index (χ1v) is 6.53. The lowest BCUT2D eigenvalue weighted by atomic mass is 10.1. The lowest BCUT2D eigenvalue weighted by Gasteiger charge is -2.24. The number of hydrogen-bond donors (Lipinski definition) is 0. The van der Waals surface area contributed by atoms with Gasteiger partial charge in [-0.2, -0.15) is 0 Å². The van der Waals surface area contributed by atoms with Gasteiger partial charge in [-0.25, -0.2) is 0 Å². The zero-order chi connectivity index (χ0) is 9.31. The molecule has 1 aliphatic rings. The molecule has 0 N–H and O–H groups in total. The minimum Gasteiger partial charge on any atom is -0.139 e. The summed E-state index contributed by atoms with van der Waals surface area (Å²) in [4.78, 5) is 0. The van der Waals surface area contributed by atoms with Crippen LogP contribution in [0, 0.1) is 6.92 Å². The predicted octanol–water partition coefficient (Wildman–Crippen LogP) is 3.65. The van der Waals surface area contributed by atoms with Crippen LogP contribution in [0.4, 0.5) is 0 Å². The van der Waals surface area contributed by atoms with Gasteiger partial charge in [-0.3, -0.25) is 0 Å². The predicted molar refractivity (Wildman–Crippen MR) is 63.4 cm³/mol. The maximum Gasteiger partial charge on any atom is 0.0835 e. The molecule has 0 bridgehead atoms. The van der Waals surface area contributed by atoms with Crippen molar-refractivity contribution in [1.82, 2.24) is 0 Å². The average molecular weight is 210 g/mol. The van der Waals surface area contributed by atoms with Gasteiger partial charge in [-0.1, -0.05) is 24.3 Å². The van der Waals surface area contributed by atoms with E-state index in [-0.39, 0.29) is 0 Å². The largest absolute Gasteiger partial charge is 0.139 e. The smallest absolute Gasteiger partial charge is 0.0835 e. The Balaban J connectivity index is 2.39. The van der Waals surface area contributed by atoms with Gasteiger partial charge in [0.15, 0.2) is 0 Å². The maximum absolute atomic E-state index is 2.34. The van der Waals surface area contributed by atoms with Gasteiger partial charge in [0.05, 0.1) is 4.08 Å². The molecule has 0 amide bonds. The summed E-state index contributed by atoms with van der Waals surface area (Å²) in [5, 5.41) is 0. The Morgan fingerprint density at radius 1 is 1.15 bits per heavy atom. The van der Waals surface area contributed by atoms with E-state index >= 15 is 0 Å². The SMILES string of the molecule is Cc1ccccc1C1(C)SCCS1. The Morgan fingerprint density at radius 3 is 2.38 bits per heavy atom. The van der Waals surface area contributed by atoms with Gasteiger partial charge >= 0.3 is 0 Å². The molecule has 13 heavy (non-hydrogen) atoms. The summed E-state index contributed by atoms with van der Waals surface area (Å²) in [5.41, 5.74) is 2.93. The van der Waals surface area contributed by atoms with E-state index in [0.717, 1.165) is 0 Å². The zero-order valence-corrected chi connectivity index (χ0v) is 9.67. The maximum atomic E-state index is 2.34. The van der Waals surface area contributed by atoms with Crippen LogP contribution in [0.2, 0.25) is 0 Å². The van der Waals surface area contributed by atoms with Crippen molar-refractivity contribution in [3.63, 3.8) is 0 Å². The molecule has 0 aliphatic carbocycles. The van der Waals surface area contributed by atoms with Crippen molar-refractivity contribution in [2.24, 2.45) is 0 Å². The third-order valence-electron chi connectivity index (χ3n) is 2.47. The van der Waals surface area contributed by atoms with Gasteiger partial charge in [0.25, 0.3) is 0 Å². The molecule has 1 saturated heterocycles. The van der Waals surface area contributed by atoms with Crippen molar-refractivity contribution in [2.75, 3.05) is 11.5 Å². The standard InChI is InChI=1S/C11H14S2/c1-9-5-3-4-6-10(9)11(2)12-7-8-13-11/h3-6H,7-8H2,1-2H3. The lowest BCUT2D eigenvalue weighted by molar-refractivity contribution is 1.00.